The first kappa shape index (κ1) is 18.2. The van der Waals surface area contributed by atoms with Crippen LogP contribution in [-0.2, 0) is 16.1 Å². The van der Waals surface area contributed by atoms with E-state index in [1.807, 2.05) is 60.0 Å². The molecule has 1 aromatic heterocycles. The van der Waals surface area contributed by atoms with Gasteiger partial charge in [0.1, 0.15) is 12.6 Å². The average Bonchev–Trinajstić information content (AvgIpc) is 3.37. The normalized spacial score (nSPS) is 16.5. The van der Waals surface area contributed by atoms with Gasteiger partial charge in [0.2, 0.25) is 0 Å². The SMILES string of the molecule is O=C(OCc1ccccc1)[C@@H]1CCCN1c1nc(-c2ccc(Br)cc2)cs1. The maximum Gasteiger partial charge on any atom is 0.329 e. The summed E-state index contributed by atoms with van der Waals surface area (Å²) in [5.41, 5.74) is 3.01. The molecular weight excluding hydrogens is 424 g/mol. The first-order valence-corrected chi connectivity index (χ1v) is 10.6. The average molecular weight is 443 g/mol. The number of halogens is 1. The Hall–Kier alpha value is -2.18. The van der Waals surface area contributed by atoms with Crippen molar-refractivity contribution in [2.75, 3.05) is 11.4 Å². The standard InChI is InChI=1S/C21H19BrN2O2S/c22-17-10-8-16(9-11-17)18-14-27-21(23-18)24-12-4-7-19(24)20(25)26-13-15-5-2-1-3-6-15/h1-3,5-6,8-11,14,19H,4,7,12-13H2/t19-/m0/s1. The summed E-state index contributed by atoms with van der Waals surface area (Å²) in [5, 5.41) is 2.93. The predicted molar refractivity (Wildman–Crippen MR) is 112 cm³/mol. The Kier molecular flexibility index (Phi) is 5.55. The van der Waals surface area contributed by atoms with Crippen molar-refractivity contribution >= 4 is 38.4 Å². The van der Waals surface area contributed by atoms with Crippen molar-refractivity contribution in [1.29, 1.82) is 0 Å². The molecule has 0 unspecified atom stereocenters. The number of aromatic nitrogens is 1. The highest BCUT2D eigenvalue weighted by Gasteiger charge is 2.33. The van der Waals surface area contributed by atoms with Crippen LogP contribution in [0.4, 0.5) is 5.13 Å². The Bertz CT molecular complexity index is 911. The minimum atomic E-state index is -0.252. The van der Waals surface area contributed by atoms with Gasteiger partial charge >= 0.3 is 5.97 Å². The minimum Gasteiger partial charge on any atom is -0.459 e. The summed E-state index contributed by atoms with van der Waals surface area (Å²) in [5.74, 6) is -0.170. The van der Waals surface area contributed by atoms with Gasteiger partial charge in [0, 0.05) is 22.0 Å². The second kappa shape index (κ2) is 8.23. The summed E-state index contributed by atoms with van der Waals surface area (Å²) in [6, 6.07) is 17.6. The maximum atomic E-state index is 12.6. The van der Waals surface area contributed by atoms with E-state index in [0.29, 0.717) is 6.61 Å². The highest BCUT2D eigenvalue weighted by atomic mass is 79.9. The van der Waals surface area contributed by atoms with Crippen molar-refractivity contribution in [3.8, 4) is 11.3 Å². The van der Waals surface area contributed by atoms with Gasteiger partial charge in [-0.15, -0.1) is 11.3 Å². The molecule has 2 aromatic carbocycles. The molecule has 2 heterocycles. The van der Waals surface area contributed by atoms with Crippen molar-refractivity contribution in [2.24, 2.45) is 0 Å². The van der Waals surface area contributed by atoms with Gasteiger partial charge in [0.05, 0.1) is 5.69 Å². The summed E-state index contributed by atoms with van der Waals surface area (Å²) in [6.45, 7) is 1.14. The van der Waals surface area contributed by atoms with E-state index in [1.54, 1.807) is 11.3 Å². The van der Waals surface area contributed by atoms with Crippen molar-refractivity contribution in [3.05, 3.63) is 70.0 Å². The Morgan fingerprint density at radius 3 is 2.74 bits per heavy atom. The van der Waals surface area contributed by atoms with E-state index < -0.39 is 0 Å². The number of anilines is 1. The predicted octanol–water partition coefficient (Wildman–Crippen LogP) is 5.28. The van der Waals surface area contributed by atoms with E-state index in [1.165, 1.54) is 0 Å². The maximum absolute atomic E-state index is 12.6. The molecule has 4 nitrogen and oxygen atoms in total. The molecule has 1 saturated heterocycles. The number of nitrogens with zero attached hydrogens (tertiary/aromatic N) is 2. The Morgan fingerprint density at radius 2 is 1.96 bits per heavy atom. The quantitative estimate of drug-likeness (QED) is 0.503. The molecule has 0 saturated carbocycles. The first-order valence-electron chi connectivity index (χ1n) is 8.89. The lowest BCUT2D eigenvalue weighted by Crippen LogP contribution is -2.37. The van der Waals surface area contributed by atoms with Crippen LogP contribution in [-0.4, -0.2) is 23.5 Å². The fourth-order valence-electron chi connectivity index (χ4n) is 3.22. The smallest absolute Gasteiger partial charge is 0.329 e. The molecule has 1 fully saturated rings. The van der Waals surface area contributed by atoms with Crippen LogP contribution in [0.5, 0.6) is 0 Å². The summed E-state index contributed by atoms with van der Waals surface area (Å²) in [7, 11) is 0. The number of rotatable bonds is 5. The Labute approximate surface area is 170 Å². The molecule has 27 heavy (non-hydrogen) atoms. The largest absolute Gasteiger partial charge is 0.459 e. The van der Waals surface area contributed by atoms with E-state index in [4.69, 9.17) is 9.72 Å². The van der Waals surface area contributed by atoms with Gasteiger partial charge in [-0.05, 0) is 30.5 Å². The topological polar surface area (TPSA) is 42.4 Å². The number of thiazole rings is 1. The van der Waals surface area contributed by atoms with Crippen molar-refractivity contribution in [1.82, 2.24) is 4.98 Å². The molecule has 138 valence electrons. The number of hydrogen-bond donors (Lipinski definition) is 0. The van der Waals surface area contributed by atoms with Gasteiger partial charge < -0.3 is 9.64 Å². The minimum absolute atomic E-state index is 0.170. The number of benzene rings is 2. The van der Waals surface area contributed by atoms with Gasteiger partial charge in [-0.3, -0.25) is 0 Å². The zero-order valence-electron chi connectivity index (χ0n) is 14.7. The van der Waals surface area contributed by atoms with Crippen molar-refractivity contribution in [3.63, 3.8) is 0 Å². The number of ether oxygens (including phenoxy) is 1. The fourth-order valence-corrected chi connectivity index (χ4v) is 4.39. The molecule has 1 aliphatic heterocycles. The monoisotopic (exact) mass is 442 g/mol. The van der Waals surface area contributed by atoms with E-state index in [0.717, 1.165) is 45.8 Å². The molecule has 0 aliphatic carbocycles. The summed E-state index contributed by atoms with van der Waals surface area (Å²) < 4.78 is 6.60. The van der Waals surface area contributed by atoms with E-state index in [9.17, 15) is 4.79 Å². The zero-order chi connectivity index (χ0) is 18.6. The molecule has 1 atom stereocenters. The lowest BCUT2D eigenvalue weighted by Gasteiger charge is -2.22. The van der Waals surface area contributed by atoms with Crippen LogP contribution in [0.3, 0.4) is 0 Å². The van der Waals surface area contributed by atoms with Crippen LogP contribution in [0.25, 0.3) is 11.3 Å². The van der Waals surface area contributed by atoms with Crippen LogP contribution in [0.2, 0.25) is 0 Å². The molecule has 6 heteroatoms. The molecule has 0 spiro atoms. The Morgan fingerprint density at radius 1 is 1.19 bits per heavy atom. The van der Waals surface area contributed by atoms with Crippen LogP contribution < -0.4 is 4.90 Å². The molecule has 4 rings (SSSR count). The molecule has 3 aromatic rings. The number of hydrogen-bond acceptors (Lipinski definition) is 5. The third kappa shape index (κ3) is 4.22. The van der Waals surface area contributed by atoms with E-state index in [-0.39, 0.29) is 12.0 Å². The molecule has 0 amide bonds. The lowest BCUT2D eigenvalue weighted by atomic mass is 10.2. The third-order valence-electron chi connectivity index (χ3n) is 4.63. The summed E-state index contributed by atoms with van der Waals surface area (Å²) >= 11 is 5.03. The van der Waals surface area contributed by atoms with Crippen LogP contribution in [0.15, 0.2) is 64.5 Å². The van der Waals surface area contributed by atoms with Crippen molar-refractivity contribution < 1.29 is 9.53 Å². The number of carbonyl (C=O) groups is 1. The van der Waals surface area contributed by atoms with Gasteiger partial charge in [-0.25, -0.2) is 9.78 Å². The van der Waals surface area contributed by atoms with Gasteiger partial charge in [0.25, 0.3) is 0 Å². The van der Waals surface area contributed by atoms with Gasteiger partial charge in [-0.2, -0.15) is 0 Å². The van der Waals surface area contributed by atoms with E-state index in [2.05, 4.69) is 20.8 Å². The molecule has 0 radical (unpaired) electrons. The highest BCUT2D eigenvalue weighted by molar-refractivity contribution is 9.10. The summed E-state index contributed by atoms with van der Waals surface area (Å²) in [6.07, 6.45) is 1.78. The van der Waals surface area contributed by atoms with Gasteiger partial charge in [0.15, 0.2) is 5.13 Å². The third-order valence-corrected chi connectivity index (χ3v) is 6.03. The fraction of sp³-hybridized carbons (Fsp3) is 0.238. The lowest BCUT2D eigenvalue weighted by molar-refractivity contribution is -0.146. The second-order valence-electron chi connectivity index (χ2n) is 6.47. The van der Waals surface area contributed by atoms with Crippen molar-refractivity contribution in [2.45, 2.75) is 25.5 Å². The first-order chi connectivity index (χ1) is 13.2. The molecule has 1 aliphatic rings. The second-order valence-corrected chi connectivity index (χ2v) is 8.22. The number of carbonyl (C=O) groups excluding carboxylic acids is 1. The van der Waals surface area contributed by atoms with Crippen LogP contribution >= 0.6 is 27.3 Å². The Balaban J connectivity index is 1.45. The van der Waals surface area contributed by atoms with E-state index >= 15 is 0 Å². The highest BCUT2D eigenvalue weighted by Crippen LogP contribution is 2.33. The van der Waals surface area contributed by atoms with Crippen LogP contribution in [0, 0.1) is 0 Å². The zero-order valence-corrected chi connectivity index (χ0v) is 17.1. The molecule has 0 N–H and O–H groups in total. The van der Waals surface area contributed by atoms with Crippen LogP contribution in [0.1, 0.15) is 18.4 Å². The number of esters is 1. The summed E-state index contributed by atoms with van der Waals surface area (Å²) in [4.78, 5) is 19.5. The molecule has 0 bridgehead atoms. The van der Waals surface area contributed by atoms with Gasteiger partial charge in [-0.1, -0.05) is 58.4 Å². The molecular formula is C21H19BrN2O2S.